The van der Waals surface area contributed by atoms with Gasteiger partial charge in [-0.2, -0.15) is 0 Å². The molecule has 0 aromatic heterocycles. The van der Waals surface area contributed by atoms with Crippen molar-refractivity contribution >= 4 is 35.0 Å². The number of hydrogen-bond donors (Lipinski definition) is 1. The normalized spacial score (nSPS) is 15.7. The van der Waals surface area contributed by atoms with Crippen LogP contribution in [0.25, 0.3) is 0 Å². The zero-order valence-electron chi connectivity index (χ0n) is 17.2. The standard InChI is InChI=1S/C23H26ClN3O3/c1-3-26(4-2)23(30)18-13-12-17(15-19(18)24)25-21(28)20-11-8-14-27(20)22(29)16-9-6-5-7-10-16/h5-7,9-10,12-13,15,20H,3-4,8,11,14H2,1-2H3,(H,25,28). The molecule has 3 rings (SSSR count). The molecule has 1 unspecified atom stereocenters. The summed E-state index contributed by atoms with van der Waals surface area (Å²) < 4.78 is 0. The van der Waals surface area contributed by atoms with Crippen LogP contribution in [0.3, 0.4) is 0 Å². The van der Waals surface area contributed by atoms with E-state index in [0.29, 0.717) is 42.9 Å². The highest BCUT2D eigenvalue weighted by Gasteiger charge is 2.34. The van der Waals surface area contributed by atoms with Gasteiger partial charge in [-0.1, -0.05) is 29.8 Å². The van der Waals surface area contributed by atoms with Gasteiger partial charge in [0.2, 0.25) is 5.91 Å². The van der Waals surface area contributed by atoms with Crippen molar-refractivity contribution < 1.29 is 14.4 Å². The third-order valence-electron chi connectivity index (χ3n) is 5.35. The molecule has 1 aliphatic heterocycles. The second kappa shape index (κ2) is 9.76. The second-order valence-electron chi connectivity index (χ2n) is 7.18. The number of hydrogen-bond acceptors (Lipinski definition) is 3. The summed E-state index contributed by atoms with van der Waals surface area (Å²) in [6.45, 7) is 5.56. The van der Waals surface area contributed by atoms with Gasteiger partial charge in [0, 0.05) is 30.9 Å². The molecule has 30 heavy (non-hydrogen) atoms. The number of carbonyl (C=O) groups excluding carboxylic acids is 3. The Kier molecular flexibility index (Phi) is 7.11. The molecule has 2 aromatic rings. The van der Waals surface area contributed by atoms with Crippen molar-refractivity contribution in [3.63, 3.8) is 0 Å². The predicted molar refractivity (Wildman–Crippen MR) is 118 cm³/mol. The fourth-order valence-corrected chi connectivity index (χ4v) is 3.96. The lowest BCUT2D eigenvalue weighted by Gasteiger charge is -2.24. The number of amides is 3. The van der Waals surface area contributed by atoms with Crippen molar-refractivity contribution in [3.05, 3.63) is 64.7 Å². The van der Waals surface area contributed by atoms with Crippen LogP contribution in [-0.2, 0) is 4.79 Å². The predicted octanol–water partition coefficient (Wildman–Crippen LogP) is 4.07. The van der Waals surface area contributed by atoms with Gasteiger partial charge in [-0.15, -0.1) is 0 Å². The molecule has 1 aliphatic rings. The van der Waals surface area contributed by atoms with Crippen LogP contribution in [0.2, 0.25) is 5.02 Å². The monoisotopic (exact) mass is 427 g/mol. The van der Waals surface area contributed by atoms with Gasteiger partial charge in [0.25, 0.3) is 11.8 Å². The molecule has 0 saturated carbocycles. The minimum atomic E-state index is -0.534. The molecule has 1 saturated heterocycles. The molecule has 2 aromatic carbocycles. The van der Waals surface area contributed by atoms with Crippen molar-refractivity contribution in [2.75, 3.05) is 25.0 Å². The van der Waals surface area contributed by atoms with Gasteiger partial charge in [0.05, 0.1) is 10.6 Å². The number of nitrogens with zero attached hydrogens (tertiary/aromatic N) is 2. The summed E-state index contributed by atoms with van der Waals surface area (Å²) in [4.78, 5) is 41.5. The van der Waals surface area contributed by atoms with Gasteiger partial charge in [-0.25, -0.2) is 0 Å². The largest absolute Gasteiger partial charge is 0.339 e. The molecule has 0 aliphatic carbocycles. The van der Waals surface area contributed by atoms with Crippen LogP contribution in [0.5, 0.6) is 0 Å². The lowest BCUT2D eigenvalue weighted by molar-refractivity contribution is -0.119. The highest BCUT2D eigenvalue weighted by Crippen LogP contribution is 2.25. The molecule has 6 nitrogen and oxygen atoms in total. The smallest absolute Gasteiger partial charge is 0.255 e. The van der Waals surface area contributed by atoms with E-state index in [1.54, 1.807) is 52.3 Å². The second-order valence-corrected chi connectivity index (χ2v) is 7.59. The van der Waals surface area contributed by atoms with Crippen LogP contribution in [0.1, 0.15) is 47.4 Å². The van der Waals surface area contributed by atoms with E-state index in [0.717, 1.165) is 6.42 Å². The van der Waals surface area contributed by atoms with Gasteiger partial charge in [-0.05, 0) is 57.0 Å². The van der Waals surface area contributed by atoms with E-state index in [1.807, 2.05) is 19.9 Å². The lowest BCUT2D eigenvalue weighted by Crippen LogP contribution is -2.43. The van der Waals surface area contributed by atoms with Crippen molar-refractivity contribution in [3.8, 4) is 0 Å². The van der Waals surface area contributed by atoms with Crippen LogP contribution in [0, 0.1) is 0 Å². The topological polar surface area (TPSA) is 69.7 Å². The van der Waals surface area contributed by atoms with E-state index in [9.17, 15) is 14.4 Å². The molecule has 158 valence electrons. The quantitative estimate of drug-likeness (QED) is 0.755. The van der Waals surface area contributed by atoms with E-state index in [4.69, 9.17) is 11.6 Å². The Balaban J connectivity index is 1.71. The number of nitrogens with one attached hydrogen (secondary N) is 1. The lowest BCUT2D eigenvalue weighted by atomic mass is 10.1. The third kappa shape index (κ3) is 4.65. The maximum Gasteiger partial charge on any atom is 0.255 e. The maximum atomic E-state index is 12.9. The molecule has 0 spiro atoms. The first-order chi connectivity index (χ1) is 14.5. The summed E-state index contributed by atoms with van der Waals surface area (Å²) in [7, 11) is 0. The van der Waals surface area contributed by atoms with E-state index >= 15 is 0 Å². The zero-order chi connectivity index (χ0) is 21.7. The Morgan fingerprint density at radius 2 is 1.80 bits per heavy atom. The summed E-state index contributed by atoms with van der Waals surface area (Å²) in [6.07, 6.45) is 1.38. The first kappa shape index (κ1) is 21.8. The Bertz CT molecular complexity index is 929. The molecule has 0 radical (unpaired) electrons. The van der Waals surface area contributed by atoms with Crippen molar-refractivity contribution in [2.24, 2.45) is 0 Å². The summed E-state index contributed by atoms with van der Waals surface area (Å²) in [5, 5.41) is 3.13. The van der Waals surface area contributed by atoms with Gasteiger partial charge >= 0.3 is 0 Å². The molecular weight excluding hydrogens is 402 g/mol. The summed E-state index contributed by atoms with van der Waals surface area (Å²) in [5.74, 6) is -0.541. The minimum absolute atomic E-state index is 0.140. The highest BCUT2D eigenvalue weighted by atomic mass is 35.5. The molecule has 1 fully saturated rings. The Hall–Kier alpha value is -2.86. The van der Waals surface area contributed by atoms with Crippen LogP contribution in [0.15, 0.2) is 48.5 Å². The number of likely N-dealkylation sites (tertiary alicyclic amines) is 1. The molecule has 7 heteroatoms. The third-order valence-corrected chi connectivity index (χ3v) is 5.67. The number of carbonyl (C=O) groups is 3. The van der Waals surface area contributed by atoms with Crippen LogP contribution >= 0.6 is 11.6 Å². The van der Waals surface area contributed by atoms with Crippen molar-refractivity contribution in [1.29, 1.82) is 0 Å². The van der Waals surface area contributed by atoms with Crippen molar-refractivity contribution in [1.82, 2.24) is 9.80 Å². The number of anilines is 1. The molecular formula is C23H26ClN3O3. The maximum absolute atomic E-state index is 12.9. The van der Waals surface area contributed by atoms with E-state index in [-0.39, 0.29) is 22.7 Å². The fourth-order valence-electron chi connectivity index (χ4n) is 3.70. The number of halogens is 1. The van der Waals surface area contributed by atoms with E-state index in [1.165, 1.54) is 0 Å². The van der Waals surface area contributed by atoms with Crippen LogP contribution in [0.4, 0.5) is 5.69 Å². The molecule has 1 atom stereocenters. The first-order valence-corrected chi connectivity index (χ1v) is 10.6. The number of benzene rings is 2. The highest BCUT2D eigenvalue weighted by molar-refractivity contribution is 6.34. The van der Waals surface area contributed by atoms with Gasteiger partial charge in [0.1, 0.15) is 6.04 Å². The van der Waals surface area contributed by atoms with Crippen molar-refractivity contribution in [2.45, 2.75) is 32.7 Å². The van der Waals surface area contributed by atoms with Gasteiger partial charge < -0.3 is 15.1 Å². The molecule has 1 N–H and O–H groups in total. The van der Waals surface area contributed by atoms with Gasteiger partial charge in [0.15, 0.2) is 0 Å². The minimum Gasteiger partial charge on any atom is -0.339 e. The SMILES string of the molecule is CCN(CC)C(=O)c1ccc(NC(=O)C2CCCN2C(=O)c2ccccc2)cc1Cl. The average molecular weight is 428 g/mol. The zero-order valence-corrected chi connectivity index (χ0v) is 18.0. The molecule has 1 heterocycles. The van der Waals surface area contributed by atoms with Crippen LogP contribution < -0.4 is 5.32 Å². The van der Waals surface area contributed by atoms with E-state index < -0.39 is 6.04 Å². The average Bonchev–Trinajstić information content (AvgIpc) is 3.25. The van der Waals surface area contributed by atoms with E-state index in [2.05, 4.69) is 5.32 Å². The fraction of sp³-hybridized carbons (Fsp3) is 0.348. The number of rotatable bonds is 6. The Labute approximate surface area is 181 Å². The van der Waals surface area contributed by atoms with Gasteiger partial charge in [-0.3, -0.25) is 14.4 Å². The molecule has 3 amide bonds. The summed E-state index contributed by atoms with van der Waals surface area (Å²) in [6, 6.07) is 13.3. The summed E-state index contributed by atoms with van der Waals surface area (Å²) in [5.41, 5.74) is 1.47. The Morgan fingerprint density at radius 3 is 2.43 bits per heavy atom. The summed E-state index contributed by atoms with van der Waals surface area (Å²) >= 11 is 6.32. The Morgan fingerprint density at radius 1 is 1.10 bits per heavy atom. The first-order valence-electron chi connectivity index (χ1n) is 10.2. The van der Waals surface area contributed by atoms with Crippen LogP contribution in [-0.4, -0.2) is 53.2 Å². The molecule has 0 bridgehead atoms.